The number of nitrogens with one attached hydrogen (secondary N) is 1. The van der Waals surface area contributed by atoms with Gasteiger partial charge in [0.25, 0.3) is 0 Å². The van der Waals surface area contributed by atoms with Gasteiger partial charge in [0.15, 0.2) is 5.69 Å². The predicted octanol–water partition coefficient (Wildman–Crippen LogP) is 2.42. The third-order valence-corrected chi connectivity index (χ3v) is 6.83. The number of nitroso groups, excluding NO2 is 1. The van der Waals surface area contributed by atoms with E-state index in [9.17, 15) is 18.4 Å². The molecule has 25 heavy (non-hydrogen) atoms. The smallest absolute Gasteiger partial charge is 0.243 e. The standard InChI is InChI=1S/C15H18N4O4S.ClH/c1-18-7-10-11(8-18)13-9(14(17-21)15(20)16-13)6-12(10)24(22,23)19-4-2-3-5-19;/h6,16,20H,2-5,7-8H2,1H3;1H. The van der Waals surface area contributed by atoms with Gasteiger partial charge in [0.1, 0.15) is 0 Å². The lowest BCUT2D eigenvalue weighted by molar-refractivity contribution is 0.352. The van der Waals surface area contributed by atoms with Gasteiger partial charge in [-0.25, -0.2) is 8.42 Å². The molecule has 1 saturated heterocycles. The molecule has 1 fully saturated rings. The van der Waals surface area contributed by atoms with Crippen LogP contribution in [0, 0.1) is 4.91 Å². The normalized spacial score (nSPS) is 18.4. The van der Waals surface area contributed by atoms with E-state index in [0.29, 0.717) is 37.1 Å². The van der Waals surface area contributed by atoms with E-state index in [4.69, 9.17) is 0 Å². The van der Waals surface area contributed by atoms with Gasteiger partial charge in [-0.3, -0.25) is 4.90 Å². The maximum Gasteiger partial charge on any atom is 0.243 e. The number of hydrogen-bond acceptors (Lipinski definition) is 6. The summed E-state index contributed by atoms with van der Waals surface area (Å²) in [5.41, 5.74) is 1.98. The number of aromatic nitrogens is 1. The number of fused-ring (bicyclic) bond motifs is 3. The van der Waals surface area contributed by atoms with Crippen molar-refractivity contribution in [2.24, 2.45) is 5.18 Å². The number of H-pyrrole nitrogens is 1. The van der Waals surface area contributed by atoms with E-state index < -0.39 is 10.0 Å². The van der Waals surface area contributed by atoms with E-state index in [0.717, 1.165) is 24.0 Å². The van der Waals surface area contributed by atoms with Gasteiger partial charge in [0, 0.05) is 31.6 Å². The van der Waals surface area contributed by atoms with E-state index in [-0.39, 0.29) is 28.9 Å². The fourth-order valence-electron chi connectivity index (χ4n) is 3.72. The topological polar surface area (TPSA) is 106 Å². The van der Waals surface area contributed by atoms with Crippen molar-refractivity contribution in [2.45, 2.75) is 30.8 Å². The molecule has 3 heterocycles. The molecule has 1 aromatic carbocycles. The molecule has 0 bridgehead atoms. The molecule has 2 aliphatic rings. The molecule has 0 amide bonds. The van der Waals surface area contributed by atoms with Crippen molar-refractivity contribution in [3.8, 4) is 5.88 Å². The van der Waals surface area contributed by atoms with Crippen molar-refractivity contribution in [3.05, 3.63) is 22.1 Å². The van der Waals surface area contributed by atoms with Gasteiger partial charge < -0.3 is 10.1 Å². The van der Waals surface area contributed by atoms with E-state index >= 15 is 0 Å². The molecular formula is C15H19ClN4O4S. The molecule has 1 aromatic heterocycles. The van der Waals surface area contributed by atoms with Gasteiger partial charge in [-0.15, -0.1) is 17.3 Å². The second-order valence-corrected chi connectivity index (χ2v) is 8.36. The Hall–Kier alpha value is -1.68. The molecule has 8 nitrogen and oxygen atoms in total. The zero-order valence-corrected chi connectivity index (χ0v) is 15.3. The lowest BCUT2D eigenvalue weighted by atomic mass is 10.1. The minimum Gasteiger partial charge on any atom is -0.493 e. The Morgan fingerprint density at radius 1 is 1.20 bits per heavy atom. The summed E-state index contributed by atoms with van der Waals surface area (Å²) in [6.45, 7) is 2.09. The molecule has 0 atom stereocenters. The Bertz CT molecular complexity index is 950. The van der Waals surface area contributed by atoms with Crippen LogP contribution in [0.3, 0.4) is 0 Å². The minimum absolute atomic E-state index is 0. The second kappa shape index (κ2) is 6.24. The molecule has 2 aliphatic heterocycles. The first-order chi connectivity index (χ1) is 11.4. The average Bonchev–Trinajstić information content (AvgIpc) is 3.22. The Labute approximate surface area is 151 Å². The largest absolute Gasteiger partial charge is 0.493 e. The number of sulfonamides is 1. The van der Waals surface area contributed by atoms with Crippen molar-refractivity contribution in [3.63, 3.8) is 0 Å². The van der Waals surface area contributed by atoms with E-state index in [1.54, 1.807) is 0 Å². The summed E-state index contributed by atoms with van der Waals surface area (Å²) in [4.78, 5) is 16.1. The average molecular weight is 387 g/mol. The van der Waals surface area contributed by atoms with Gasteiger partial charge in [-0.1, -0.05) is 0 Å². The highest BCUT2D eigenvalue weighted by Crippen LogP contribution is 2.43. The molecule has 0 unspecified atom stereocenters. The second-order valence-electron chi connectivity index (χ2n) is 6.45. The van der Waals surface area contributed by atoms with Crippen molar-refractivity contribution in [2.75, 3.05) is 20.1 Å². The molecule has 0 aliphatic carbocycles. The summed E-state index contributed by atoms with van der Waals surface area (Å²) in [5, 5.41) is 13.1. The monoisotopic (exact) mass is 386 g/mol. The Morgan fingerprint density at radius 3 is 2.48 bits per heavy atom. The van der Waals surface area contributed by atoms with Crippen molar-refractivity contribution in [1.82, 2.24) is 14.2 Å². The van der Waals surface area contributed by atoms with Gasteiger partial charge in [0.05, 0.1) is 10.4 Å². The number of aromatic amines is 1. The van der Waals surface area contributed by atoms with Gasteiger partial charge in [0.2, 0.25) is 15.9 Å². The van der Waals surface area contributed by atoms with Crippen LogP contribution in [0.4, 0.5) is 5.69 Å². The highest BCUT2D eigenvalue weighted by Gasteiger charge is 2.34. The summed E-state index contributed by atoms with van der Waals surface area (Å²) < 4.78 is 27.6. The molecule has 0 radical (unpaired) electrons. The lowest BCUT2D eigenvalue weighted by Crippen LogP contribution is -2.28. The zero-order chi connectivity index (χ0) is 17.1. The van der Waals surface area contributed by atoms with E-state index in [1.165, 1.54) is 10.4 Å². The summed E-state index contributed by atoms with van der Waals surface area (Å²) in [6.07, 6.45) is 1.71. The van der Waals surface area contributed by atoms with Crippen LogP contribution in [0.1, 0.15) is 24.0 Å². The summed E-state index contributed by atoms with van der Waals surface area (Å²) in [5.74, 6) is -0.326. The molecule has 0 saturated carbocycles. The molecular weight excluding hydrogens is 368 g/mol. The first-order valence-electron chi connectivity index (χ1n) is 7.85. The third kappa shape index (κ3) is 2.62. The maximum atomic E-state index is 13.1. The van der Waals surface area contributed by atoms with Gasteiger partial charge >= 0.3 is 0 Å². The Balaban J connectivity index is 0.00000182. The van der Waals surface area contributed by atoms with Crippen molar-refractivity contribution >= 4 is 39.0 Å². The predicted molar refractivity (Wildman–Crippen MR) is 95.8 cm³/mol. The summed E-state index contributed by atoms with van der Waals surface area (Å²) >= 11 is 0. The van der Waals surface area contributed by atoms with Crippen LogP contribution >= 0.6 is 12.4 Å². The van der Waals surface area contributed by atoms with Crippen molar-refractivity contribution < 1.29 is 13.5 Å². The van der Waals surface area contributed by atoms with Crippen LogP contribution in [-0.2, 0) is 23.1 Å². The summed E-state index contributed by atoms with van der Waals surface area (Å²) in [6, 6.07) is 1.48. The number of halogens is 1. The molecule has 0 spiro atoms. The number of nitrogens with zero attached hydrogens (tertiary/aromatic N) is 3. The minimum atomic E-state index is -3.63. The van der Waals surface area contributed by atoms with E-state index in [1.807, 2.05) is 11.9 Å². The summed E-state index contributed by atoms with van der Waals surface area (Å²) in [7, 11) is -1.72. The molecule has 136 valence electrons. The first kappa shape index (κ1) is 18.1. The maximum absolute atomic E-state index is 13.1. The molecule has 2 N–H and O–H groups in total. The molecule has 2 aromatic rings. The SMILES string of the molecule is CN1Cc2c(S(=O)(=O)N3CCCC3)cc3c(N=O)c(O)[nH]c3c2C1.Cl. The van der Waals surface area contributed by atoms with Crippen LogP contribution in [0.5, 0.6) is 5.88 Å². The number of rotatable bonds is 3. The number of hydrogen-bond donors (Lipinski definition) is 2. The highest BCUT2D eigenvalue weighted by atomic mass is 35.5. The van der Waals surface area contributed by atoms with Crippen LogP contribution < -0.4 is 0 Å². The van der Waals surface area contributed by atoms with Crippen LogP contribution in [0.2, 0.25) is 0 Å². The van der Waals surface area contributed by atoms with Crippen LogP contribution in [0.15, 0.2) is 16.1 Å². The molecule has 10 heteroatoms. The third-order valence-electron chi connectivity index (χ3n) is 4.86. The number of aromatic hydroxyl groups is 1. The van der Waals surface area contributed by atoms with Gasteiger partial charge in [-0.2, -0.15) is 4.31 Å². The van der Waals surface area contributed by atoms with Crippen molar-refractivity contribution in [1.29, 1.82) is 0 Å². The fraction of sp³-hybridized carbons (Fsp3) is 0.467. The highest BCUT2D eigenvalue weighted by molar-refractivity contribution is 7.89. The van der Waals surface area contributed by atoms with Crippen LogP contribution in [0.25, 0.3) is 10.9 Å². The van der Waals surface area contributed by atoms with Crippen LogP contribution in [-0.4, -0.2) is 47.9 Å². The fourth-order valence-corrected chi connectivity index (χ4v) is 5.50. The lowest BCUT2D eigenvalue weighted by Gasteiger charge is -2.18. The van der Waals surface area contributed by atoms with E-state index in [2.05, 4.69) is 10.2 Å². The first-order valence-corrected chi connectivity index (χ1v) is 9.29. The quantitative estimate of drug-likeness (QED) is 0.788. The van der Waals surface area contributed by atoms with Gasteiger partial charge in [-0.05, 0) is 42.3 Å². The Morgan fingerprint density at radius 2 is 1.84 bits per heavy atom. The Kier molecular flexibility index (Phi) is 4.52. The zero-order valence-electron chi connectivity index (χ0n) is 13.7. The molecule has 4 rings (SSSR count). The number of benzene rings is 1.